The first-order valence-electron chi connectivity index (χ1n) is 14.2. The summed E-state index contributed by atoms with van der Waals surface area (Å²) in [7, 11) is -0.377. The third-order valence-corrected chi connectivity index (χ3v) is 12.5. The van der Waals surface area contributed by atoms with Gasteiger partial charge in [0.2, 0.25) is 0 Å². The summed E-state index contributed by atoms with van der Waals surface area (Å²) in [5.74, 6) is 2.56. The lowest BCUT2D eigenvalue weighted by molar-refractivity contribution is -0.137. The highest BCUT2D eigenvalue weighted by Crippen LogP contribution is 2.40. The van der Waals surface area contributed by atoms with Gasteiger partial charge in [0.15, 0.2) is 0 Å². The highest BCUT2D eigenvalue weighted by molar-refractivity contribution is 6.58. The van der Waals surface area contributed by atoms with Gasteiger partial charge in [0, 0.05) is 8.80 Å². The van der Waals surface area contributed by atoms with Crippen LogP contribution in [0.4, 0.5) is 13.2 Å². The van der Waals surface area contributed by atoms with Crippen LogP contribution in [-0.2, 0) is 6.18 Å². The molecular formula is C31H43F3Si. The molecule has 0 spiro atoms. The Morgan fingerprint density at radius 1 is 0.714 bits per heavy atom. The number of halogens is 3. The van der Waals surface area contributed by atoms with Gasteiger partial charge in [-0.15, -0.1) is 0 Å². The molecule has 192 valence electrons. The van der Waals surface area contributed by atoms with Crippen LogP contribution in [0, 0.1) is 11.8 Å². The van der Waals surface area contributed by atoms with Crippen molar-refractivity contribution < 1.29 is 13.2 Å². The van der Waals surface area contributed by atoms with Gasteiger partial charge >= 0.3 is 6.18 Å². The van der Waals surface area contributed by atoms with E-state index in [0.29, 0.717) is 5.92 Å². The molecule has 2 fully saturated rings. The predicted octanol–water partition coefficient (Wildman–Crippen LogP) is 10.3. The van der Waals surface area contributed by atoms with Crippen LogP contribution in [0.15, 0.2) is 48.5 Å². The van der Waals surface area contributed by atoms with E-state index in [1.165, 1.54) is 88.3 Å². The van der Waals surface area contributed by atoms with Crippen molar-refractivity contribution in [1.82, 2.24) is 0 Å². The van der Waals surface area contributed by atoms with Crippen LogP contribution in [0.25, 0.3) is 11.1 Å². The summed E-state index contributed by atoms with van der Waals surface area (Å²) in [4.78, 5) is 0. The number of benzene rings is 2. The first-order chi connectivity index (χ1) is 16.9. The van der Waals surface area contributed by atoms with Gasteiger partial charge in [-0.3, -0.25) is 0 Å². The summed E-state index contributed by atoms with van der Waals surface area (Å²) < 4.78 is 38.4. The van der Waals surface area contributed by atoms with Crippen molar-refractivity contribution in [1.29, 1.82) is 0 Å². The Balaban J connectivity index is 1.18. The quantitative estimate of drug-likeness (QED) is 0.237. The minimum atomic E-state index is -4.28. The Labute approximate surface area is 212 Å². The lowest BCUT2D eigenvalue weighted by Gasteiger charge is -2.32. The highest BCUT2D eigenvalue weighted by atomic mass is 28.3. The molecule has 0 unspecified atom stereocenters. The average Bonchev–Trinajstić information content (AvgIpc) is 2.88. The van der Waals surface area contributed by atoms with E-state index < -0.39 is 11.7 Å². The van der Waals surface area contributed by atoms with Crippen molar-refractivity contribution in [2.75, 3.05) is 0 Å². The molecule has 2 aromatic rings. The van der Waals surface area contributed by atoms with E-state index >= 15 is 0 Å². The molecule has 0 aromatic heterocycles. The van der Waals surface area contributed by atoms with Crippen LogP contribution >= 0.6 is 0 Å². The summed E-state index contributed by atoms with van der Waals surface area (Å²) in [6.07, 6.45) is 11.3. The summed E-state index contributed by atoms with van der Waals surface area (Å²) in [5, 5.41) is 0. The van der Waals surface area contributed by atoms with Gasteiger partial charge in [-0.05, 0) is 72.3 Å². The molecule has 1 aliphatic carbocycles. The zero-order valence-electron chi connectivity index (χ0n) is 21.5. The van der Waals surface area contributed by atoms with E-state index in [-0.39, 0.29) is 8.80 Å². The number of hydrogen-bond donors (Lipinski definition) is 0. The van der Waals surface area contributed by atoms with Crippen molar-refractivity contribution in [3.63, 3.8) is 0 Å². The van der Waals surface area contributed by atoms with E-state index in [2.05, 4.69) is 31.2 Å². The molecule has 0 bridgehead atoms. The van der Waals surface area contributed by atoms with E-state index in [0.717, 1.165) is 23.0 Å². The van der Waals surface area contributed by atoms with Crippen LogP contribution in [0.3, 0.4) is 0 Å². The summed E-state index contributed by atoms with van der Waals surface area (Å²) >= 11 is 0. The maximum Gasteiger partial charge on any atom is 0.416 e. The topological polar surface area (TPSA) is 0 Å². The fourth-order valence-electron chi connectivity index (χ4n) is 6.55. The lowest BCUT2D eigenvalue weighted by Crippen LogP contribution is -2.22. The number of hydrogen-bond acceptors (Lipinski definition) is 0. The number of unbranched alkanes of at least 4 members (excludes halogenated alkanes) is 2. The zero-order chi connectivity index (χ0) is 24.7. The summed E-state index contributed by atoms with van der Waals surface area (Å²) in [5.41, 5.74) is 2.63. The van der Waals surface area contributed by atoms with Crippen LogP contribution < -0.4 is 0 Å². The van der Waals surface area contributed by atoms with Crippen molar-refractivity contribution in [2.24, 2.45) is 11.8 Å². The number of rotatable bonds is 9. The lowest BCUT2D eigenvalue weighted by atomic mass is 9.76. The van der Waals surface area contributed by atoms with E-state index in [1.807, 2.05) is 0 Å². The Bertz CT molecular complexity index is 871. The predicted molar refractivity (Wildman–Crippen MR) is 145 cm³/mol. The largest absolute Gasteiger partial charge is 0.416 e. The highest BCUT2D eigenvalue weighted by Gasteiger charge is 2.30. The van der Waals surface area contributed by atoms with Gasteiger partial charge < -0.3 is 0 Å². The molecular weight excluding hydrogens is 457 g/mol. The van der Waals surface area contributed by atoms with Crippen molar-refractivity contribution in [3.8, 4) is 11.1 Å². The first-order valence-corrected chi connectivity index (χ1v) is 16.6. The SMILES string of the molecule is CCCCC[SiH]1CCC(CC[C@H]2CC[C@H](c3ccc(-c4ccc(C(F)(F)F)cc4)cc3)CC2)CC1. The Hall–Kier alpha value is -1.55. The minimum Gasteiger partial charge on any atom is -0.166 e. The Kier molecular flexibility index (Phi) is 9.55. The molecule has 2 aromatic carbocycles. The standard InChI is InChI=1S/C31H43F3Si/c1-2-3-4-21-35-22-19-25(20-23-35)6-5-24-7-9-26(10-8-24)27-11-13-28(14-12-27)29-15-17-30(18-16-29)31(32,33)34/h11-18,24-26,35H,2-10,19-23H2,1H3/t24-,25?,26-,35?. The number of alkyl halides is 3. The molecule has 0 atom stereocenters. The molecule has 0 N–H and O–H groups in total. The molecule has 0 radical (unpaired) electrons. The second kappa shape index (κ2) is 12.6. The van der Waals surface area contributed by atoms with Gasteiger partial charge in [-0.2, -0.15) is 13.2 Å². The third-order valence-electron chi connectivity index (χ3n) is 8.94. The van der Waals surface area contributed by atoms with E-state index in [1.54, 1.807) is 30.3 Å². The van der Waals surface area contributed by atoms with Crippen LogP contribution in [-0.4, -0.2) is 8.80 Å². The average molecular weight is 501 g/mol. The Morgan fingerprint density at radius 2 is 1.26 bits per heavy atom. The maximum atomic E-state index is 12.8. The third kappa shape index (κ3) is 7.71. The summed E-state index contributed by atoms with van der Waals surface area (Å²) in [6.45, 7) is 2.31. The van der Waals surface area contributed by atoms with Gasteiger partial charge in [-0.1, -0.05) is 106 Å². The van der Waals surface area contributed by atoms with Gasteiger partial charge in [0.1, 0.15) is 0 Å². The molecule has 0 amide bonds. The smallest absolute Gasteiger partial charge is 0.166 e. The van der Waals surface area contributed by atoms with Crippen LogP contribution in [0.5, 0.6) is 0 Å². The van der Waals surface area contributed by atoms with Gasteiger partial charge in [-0.25, -0.2) is 0 Å². The van der Waals surface area contributed by atoms with Gasteiger partial charge in [0.25, 0.3) is 0 Å². The molecule has 1 heterocycles. The van der Waals surface area contributed by atoms with Gasteiger partial charge in [0.05, 0.1) is 5.56 Å². The van der Waals surface area contributed by atoms with Crippen molar-refractivity contribution in [2.45, 2.75) is 108 Å². The molecule has 35 heavy (non-hydrogen) atoms. The van der Waals surface area contributed by atoms with E-state index in [4.69, 9.17) is 0 Å². The zero-order valence-corrected chi connectivity index (χ0v) is 22.6. The molecule has 1 saturated heterocycles. The first kappa shape index (κ1) is 26.5. The molecule has 2 aliphatic rings. The minimum absolute atomic E-state index is 0.377. The fraction of sp³-hybridized carbons (Fsp3) is 0.613. The molecule has 1 aliphatic heterocycles. The second-order valence-corrected chi connectivity index (χ2v) is 14.8. The fourth-order valence-corrected chi connectivity index (χ4v) is 10.2. The normalized spacial score (nSPS) is 25.5. The van der Waals surface area contributed by atoms with Crippen molar-refractivity contribution >= 4 is 8.80 Å². The molecule has 1 saturated carbocycles. The maximum absolute atomic E-state index is 12.8. The monoisotopic (exact) mass is 500 g/mol. The second-order valence-electron chi connectivity index (χ2n) is 11.4. The molecule has 4 heteroatoms. The molecule has 4 rings (SSSR count). The van der Waals surface area contributed by atoms with Crippen LogP contribution in [0.2, 0.25) is 18.1 Å². The van der Waals surface area contributed by atoms with Crippen molar-refractivity contribution in [3.05, 3.63) is 59.7 Å². The Morgan fingerprint density at radius 3 is 1.80 bits per heavy atom. The van der Waals surface area contributed by atoms with Crippen LogP contribution in [0.1, 0.15) is 94.6 Å². The summed E-state index contributed by atoms with van der Waals surface area (Å²) in [6, 6.07) is 18.9. The molecule has 0 nitrogen and oxygen atoms in total. The van der Waals surface area contributed by atoms with E-state index in [9.17, 15) is 13.2 Å².